The van der Waals surface area contributed by atoms with E-state index in [1.807, 2.05) is 37.3 Å². The van der Waals surface area contributed by atoms with Crippen LogP contribution in [0.25, 0.3) is 10.9 Å². The van der Waals surface area contributed by atoms with Crippen molar-refractivity contribution in [1.29, 1.82) is 0 Å². The minimum Gasteiger partial charge on any atom is -0.356 e. The van der Waals surface area contributed by atoms with E-state index < -0.39 is 0 Å². The third-order valence-electron chi connectivity index (χ3n) is 5.27. The minimum absolute atomic E-state index is 0.0416. The zero-order valence-corrected chi connectivity index (χ0v) is 20.1. The van der Waals surface area contributed by atoms with Crippen molar-refractivity contribution in [2.24, 2.45) is 0 Å². The molecular formula is C25H26N6O3S. The average Bonchev–Trinajstić information content (AvgIpc) is 3.27. The number of fused-ring (bicyclic) bond motifs is 1. The van der Waals surface area contributed by atoms with Gasteiger partial charge in [0.25, 0.3) is 5.56 Å². The number of thioether (sulfide) groups is 1. The normalized spacial score (nSPS) is 10.9. The van der Waals surface area contributed by atoms with E-state index in [0.717, 1.165) is 29.4 Å². The van der Waals surface area contributed by atoms with Crippen molar-refractivity contribution in [3.05, 3.63) is 82.3 Å². The van der Waals surface area contributed by atoms with Gasteiger partial charge in [-0.05, 0) is 31.0 Å². The largest absolute Gasteiger partial charge is 0.356 e. The second-order valence-corrected chi connectivity index (χ2v) is 8.92. The summed E-state index contributed by atoms with van der Waals surface area (Å²) in [5.41, 5.74) is 2.29. The van der Waals surface area contributed by atoms with Crippen molar-refractivity contribution in [3.8, 4) is 0 Å². The number of aromatic nitrogens is 4. The van der Waals surface area contributed by atoms with Gasteiger partial charge in [-0.25, -0.2) is 4.98 Å². The number of nitrogens with zero attached hydrogens (tertiary/aromatic N) is 3. The van der Waals surface area contributed by atoms with Crippen molar-refractivity contribution in [1.82, 2.24) is 25.1 Å². The van der Waals surface area contributed by atoms with Crippen LogP contribution in [0.2, 0.25) is 0 Å². The van der Waals surface area contributed by atoms with Crippen LogP contribution in [0.5, 0.6) is 0 Å². The highest BCUT2D eigenvalue weighted by molar-refractivity contribution is 7.99. The summed E-state index contributed by atoms with van der Waals surface area (Å²) in [6.45, 7) is 2.52. The highest BCUT2D eigenvalue weighted by atomic mass is 32.2. The summed E-state index contributed by atoms with van der Waals surface area (Å²) in [5.74, 6) is 0.0572. The van der Waals surface area contributed by atoms with Gasteiger partial charge in [0.05, 0.1) is 16.7 Å². The molecule has 4 rings (SSSR count). The Hall–Kier alpha value is -3.92. The van der Waals surface area contributed by atoms with E-state index in [9.17, 15) is 14.4 Å². The fraction of sp³-hybridized carbons (Fsp3) is 0.240. The Kier molecular flexibility index (Phi) is 7.94. The molecule has 0 fully saturated rings. The topological polar surface area (TPSA) is 122 Å². The van der Waals surface area contributed by atoms with Crippen LogP contribution in [0.1, 0.15) is 17.7 Å². The molecule has 0 aliphatic heterocycles. The molecule has 2 aromatic heterocycles. The number of anilines is 1. The number of H-pyrrole nitrogens is 1. The summed E-state index contributed by atoms with van der Waals surface area (Å²) in [5, 5.41) is 13.2. The highest BCUT2D eigenvalue weighted by Gasteiger charge is 2.15. The van der Waals surface area contributed by atoms with Crippen molar-refractivity contribution in [3.63, 3.8) is 0 Å². The molecular weight excluding hydrogens is 464 g/mol. The fourth-order valence-corrected chi connectivity index (χ4v) is 4.36. The summed E-state index contributed by atoms with van der Waals surface area (Å²) < 4.78 is 1.47. The minimum atomic E-state index is -0.269. The Morgan fingerprint density at radius 3 is 2.60 bits per heavy atom. The smallest absolute Gasteiger partial charge is 0.262 e. The number of nitrogens with one attached hydrogen (secondary N) is 3. The molecule has 0 radical (unpaired) electrons. The van der Waals surface area contributed by atoms with Crippen molar-refractivity contribution in [2.45, 2.75) is 31.5 Å². The second-order valence-electron chi connectivity index (χ2n) is 7.98. The molecule has 0 aliphatic carbocycles. The Morgan fingerprint density at radius 1 is 1.06 bits per heavy atom. The summed E-state index contributed by atoms with van der Waals surface area (Å²) >= 11 is 1.15. The summed E-state index contributed by atoms with van der Waals surface area (Å²) in [7, 11) is 0. The van der Waals surface area contributed by atoms with Crippen LogP contribution in [-0.2, 0) is 22.6 Å². The monoisotopic (exact) mass is 490 g/mol. The van der Waals surface area contributed by atoms with Gasteiger partial charge in [-0.3, -0.25) is 24.0 Å². The fourth-order valence-electron chi connectivity index (χ4n) is 3.54. The molecule has 0 saturated carbocycles. The van der Waals surface area contributed by atoms with E-state index in [1.165, 1.54) is 4.57 Å². The Bertz CT molecular complexity index is 1380. The molecule has 2 aromatic carbocycles. The molecule has 0 saturated heterocycles. The SMILES string of the molecule is Cc1cc(NC(=O)CSc2nc3ccccc3c(=O)n2CCC(=O)NCCc2ccccc2)n[nH]1. The van der Waals surface area contributed by atoms with Gasteiger partial charge in [0, 0.05) is 31.3 Å². The maximum absolute atomic E-state index is 13.2. The number of benzene rings is 2. The van der Waals surface area contributed by atoms with Gasteiger partial charge >= 0.3 is 0 Å². The molecule has 9 nitrogen and oxygen atoms in total. The Morgan fingerprint density at radius 2 is 1.83 bits per heavy atom. The van der Waals surface area contributed by atoms with E-state index in [2.05, 4.69) is 25.8 Å². The van der Waals surface area contributed by atoms with E-state index in [-0.39, 0.29) is 36.1 Å². The molecule has 3 N–H and O–H groups in total. The van der Waals surface area contributed by atoms with Gasteiger partial charge in [-0.1, -0.05) is 54.2 Å². The molecule has 180 valence electrons. The van der Waals surface area contributed by atoms with Crippen molar-refractivity contribution < 1.29 is 9.59 Å². The predicted octanol–water partition coefficient (Wildman–Crippen LogP) is 2.91. The maximum atomic E-state index is 13.2. The van der Waals surface area contributed by atoms with Crippen LogP contribution in [0.15, 0.2) is 70.6 Å². The lowest BCUT2D eigenvalue weighted by Crippen LogP contribution is -2.30. The first-order valence-corrected chi connectivity index (χ1v) is 12.2. The van der Waals surface area contributed by atoms with Gasteiger partial charge in [-0.2, -0.15) is 5.10 Å². The first kappa shape index (κ1) is 24.2. The summed E-state index contributed by atoms with van der Waals surface area (Å²) in [6, 6.07) is 18.7. The average molecular weight is 491 g/mol. The number of amides is 2. The number of para-hydroxylation sites is 1. The lowest BCUT2D eigenvalue weighted by Gasteiger charge is -2.13. The van der Waals surface area contributed by atoms with Gasteiger partial charge in [-0.15, -0.1) is 0 Å². The zero-order chi connectivity index (χ0) is 24.6. The lowest BCUT2D eigenvalue weighted by atomic mass is 10.1. The Balaban J connectivity index is 1.42. The number of carbonyl (C=O) groups excluding carboxylic acids is 2. The molecule has 2 amide bonds. The second kappa shape index (κ2) is 11.5. The molecule has 4 aromatic rings. The van der Waals surface area contributed by atoms with E-state index >= 15 is 0 Å². The van der Waals surface area contributed by atoms with Crippen LogP contribution >= 0.6 is 11.8 Å². The van der Waals surface area contributed by atoms with Crippen LogP contribution in [0.3, 0.4) is 0 Å². The highest BCUT2D eigenvalue weighted by Crippen LogP contribution is 2.18. The third kappa shape index (κ3) is 6.57. The number of rotatable bonds is 10. The maximum Gasteiger partial charge on any atom is 0.262 e. The number of aryl methyl sites for hydroxylation is 1. The van der Waals surface area contributed by atoms with Crippen molar-refractivity contribution in [2.75, 3.05) is 17.6 Å². The molecule has 0 aliphatic rings. The quantitative estimate of drug-likeness (QED) is 0.232. The van der Waals surface area contributed by atoms with Crippen LogP contribution < -0.4 is 16.2 Å². The van der Waals surface area contributed by atoms with Crippen LogP contribution in [0.4, 0.5) is 5.82 Å². The molecule has 35 heavy (non-hydrogen) atoms. The van der Waals surface area contributed by atoms with Crippen LogP contribution in [0, 0.1) is 6.92 Å². The summed E-state index contributed by atoms with van der Waals surface area (Å²) in [4.78, 5) is 42.6. The predicted molar refractivity (Wildman–Crippen MR) is 136 cm³/mol. The van der Waals surface area contributed by atoms with Gasteiger partial charge in [0.1, 0.15) is 0 Å². The van der Waals surface area contributed by atoms with E-state index in [1.54, 1.807) is 30.3 Å². The lowest BCUT2D eigenvalue weighted by molar-refractivity contribution is -0.121. The standard InChI is InChI=1S/C25H26N6O3S/c1-17-15-21(30-29-17)28-23(33)16-35-25-27-20-10-6-5-9-19(20)24(34)31(25)14-12-22(32)26-13-11-18-7-3-2-4-8-18/h2-10,15H,11-14,16H2,1H3,(H,26,32)(H2,28,29,30,33). The van der Waals surface area contributed by atoms with Gasteiger partial charge < -0.3 is 10.6 Å². The first-order valence-electron chi connectivity index (χ1n) is 11.2. The first-order chi connectivity index (χ1) is 17.0. The number of carbonyl (C=O) groups is 2. The number of hydrogen-bond acceptors (Lipinski definition) is 6. The molecule has 2 heterocycles. The molecule has 0 atom stereocenters. The zero-order valence-electron chi connectivity index (χ0n) is 19.3. The van der Waals surface area contributed by atoms with Crippen LogP contribution in [-0.4, -0.2) is 43.9 Å². The number of aromatic amines is 1. The molecule has 0 bridgehead atoms. The van der Waals surface area contributed by atoms with E-state index in [0.29, 0.717) is 28.4 Å². The van der Waals surface area contributed by atoms with E-state index in [4.69, 9.17) is 0 Å². The molecule has 0 spiro atoms. The van der Waals surface area contributed by atoms with Crippen molar-refractivity contribution >= 4 is 40.3 Å². The summed E-state index contributed by atoms with van der Waals surface area (Å²) in [6.07, 6.45) is 0.858. The molecule has 0 unspecified atom stereocenters. The van der Waals surface area contributed by atoms with Gasteiger partial charge in [0.15, 0.2) is 11.0 Å². The third-order valence-corrected chi connectivity index (χ3v) is 6.25. The Labute approximate surface area is 206 Å². The number of hydrogen-bond donors (Lipinski definition) is 3. The van der Waals surface area contributed by atoms with Gasteiger partial charge in [0.2, 0.25) is 11.8 Å². The molecule has 10 heteroatoms.